The minimum Gasteiger partial charge on any atom is -0.452 e. The lowest BCUT2D eigenvalue weighted by Gasteiger charge is -2.19. The molecule has 2 fully saturated rings. The summed E-state index contributed by atoms with van der Waals surface area (Å²) >= 11 is 0. The van der Waals surface area contributed by atoms with E-state index >= 15 is 0 Å². The molecule has 0 radical (unpaired) electrons. The van der Waals surface area contributed by atoms with Gasteiger partial charge in [-0.1, -0.05) is 29.8 Å². The van der Waals surface area contributed by atoms with Gasteiger partial charge in [0.2, 0.25) is 11.8 Å². The van der Waals surface area contributed by atoms with E-state index in [1.54, 1.807) is 36.4 Å². The maximum Gasteiger partial charge on any atom is 0.338 e. The van der Waals surface area contributed by atoms with E-state index < -0.39 is 18.5 Å². The monoisotopic (exact) mass is 430 g/mol. The molecule has 32 heavy (non-hydrogen) atoms. The second-order valence-electron chi connectivity index (χ2n) is 8.52. The summed E-state index contributed by atoms with van der Waals surface area (Å²) in [5, 5.41) is 2.64. The van der Waals surface area contributed by atoms with E-state index in [2.05, 4.69) is 11.4 Å². The molecule has 2 bridgehead atoms. The van der Waals surface area contributed by atoms with Crippen LogP contribution in [-0.2, 0) is 19.1 Å². The van der Waals surface area contributed by atoms with E-state index in [-0.39, 0.29) is 41.0 Å². The van der Waals surface area contributed by atoms with Gasteiger partial charge in [0.15, 0.2) is 6.61 Å². The summed E-state index contributed by atoms with van der Waals surface area (Å²) in [4.78, 5) is 51.5. The topological polar surface area (TPSA) is 92.8 Å². The van der Waals surface area contributed by atoms with Gasteiger partial charge in [0, 0.05) is 5.69 Å². The molecule has 0 spiro atoms. The van der Waals surface area contributed by atoms with Crippen LogP contribution in [0.1, 0.15) is 23.7 Å². The van der Waals surface area contributed by atoms with Crippen molar-refractivity contribution in [2.45, 2.75) is 13.3 Å². The Morgan fingerprint density at radius 2 is 1.69 bits per heavy atom. The van der Waals surface area contributed by atoms with Crippen LogP contribution in [0.5, 0.6) is 0 Å². The first-order valence-corrected chi connectivity index (χ1v) is 10.6. The van der Waals surface area contributed by atoms with Crippen molar-refractivity contribution in [1.29, 1.82) is 0 Å². The van der Waals surface area contributed by atoms with Crippen LogP contribution >= 0.6 is 0 Å². The molecule has 5 rings (SSSR count). The second-order valence-corrected chi connectivity index (χ2v) is 8.52. The summed E-state index contributed by atoms with van der Waals surface area (Å²) in [5.41, 5.74) is 2.50. The Kier molecular flexibility index (Phi) is 4.89. The van der Waals surface area contributed by atoms with Crippen LogP contribution in [0.25, 0.3) is 0 Å². The minimum atomic E-state index is -0.659. The Balaban J connectivity index is 1.22. The largest absolute Gasteiger partial charge is 0.452 e. The molecular formula is C25H22N2O5. The molecule has 7 nitrogen and oxygen atoms in total. The van der Waals surface area contributed by atoms with Crippen molar-refractivity contribution in [3.63, 3.8) is 0 Å². The first-order valence-electron chi connectivity index (χ1n) is 10.6. The van der Waals surface area contributed by atoms with Crippen molar-refractivity contribution in [3.8, 4) is 0 Å². The third-order valence-corrected chi connectivity index (χ3v) is 6.63. The minimum absolute atomic E-state index is 0.141. The van der Waals surface area contributed by atoms with Gasteiger partial charge < -0.3 is 10.1 Å². The van der Waals surface area contributed by atoms with Crippen LogP contribution in [-0.4, -0.2) is 30.3 Å². The van der Waals surface area contributed by atoms with Gasteiger partial charge in [-0.25, -0.2) is 4.79 Å². The lowest BCUT2D eigenvalue weighted by Crippen LogP contribution is -2.33. The molecule has 2 aromatic carbocycles. The number of carbonyl (C=O) groups is 4. The molecule has 3 aliphatic rings. The van der Waals surface area contributed by atoms with E-state index in [1.165, 1.54) is 22.6 Å². The Hall–Kier alpha value is -3.74. The van der Waals surface area contributed by atoms with Gasteiger partial charge in [0.1, 0.15) is 0 Å². The molecular weight excluding hydrogens is 408 g/mol. The third-order valence-electron chi connectivity index (χ3n) is 6.63. The summed E-state index contributed by atoms with van der Waals surface area (Å²) in [6.45, 7) is 1.61. The zero-order valence-electron chi connectivity index (χ0n) is 17.5. The summed E-state index contributed by atoms with van der Waals surface area (Å²) in [6.07, 6.45) is 3.02. The van der Waals surface area contributed by atoms with Crippen LogP contribution in [0, 0.1) is 23.7 Å². The highest BCUT2D eigenvalue weighted by Gasteiger charge is 2.60. The summed E-state index contributed by atoms with van der Waals surface area (Å²) in [7, 11) is 0. The van der Waals surface area contributed by atoms with Gasteiger partial charge in [0.05, 0.1) is 23.1 Å². The number of hydrogen-bond acceptors (Lipinski definition) is 5. The molecule has 4 atom stereocenters. The molecule has 1 N–H and O–H groups in total. The zero-order chi connectivity index (χ0) is 22.4. The molecule has 1 heterocycles. The molecule has 2 aromatic rings. The van der Waals surface area contributed by atoms with Crippen LogP contribution in [0.2, 0.25) is 0 Å². The lowest BCUT2D eigenvalue weighted by atomic mass is 9.82. The second kappa shape index (κ2) is 7.75. The molecule has 7 heteroatoms. The fraction of sp³-hybridized carbons (Fsp3) is 0.280. The fourth-order valence-electron chi connectivity index (χ4n) is 5.21. The number of imide groups is 1. The number of allylic oxidation sites excluding steroid dienone is 2. The summed E-state index contributed by atoms with van der Waals surface area (Å²) in [5.74, 6) is -1.68. The zero-order valence-corrected chi connectivity index (χ0v) is 17.5. The number of nitrogens with one attached hydrogen (secondary N) is 1. The van der Waals surface area contributed by atoms with Gasteiger partial charge in [0.25, 0.3) is 5.91 Å². The number of esters is 1. The van der Waals surface area contributed by atoms with E-state index in [9.17, 15) is 19.2 Å². The molecule has 162 valence electrons. The average molecular weight is 430 g/mol. The molecule has 1 saturated heterocycles. The Morgan fingerprint density at radius 3 is 2.41 bits per heavy atom. The SMILES string of the molecule is CC1=C[C@H]2C[C@H]1[C@H]1C(=O)N(c3ccc(C(=O)OCC(=O)Nc4ccccc4)cc3)C(=O)[C@H]12. The number of benzene rings is 2. The van der Waals surface area contributed by atoms with Crippen molar-refractivity contribution in [2.75, 3.05) is 16.8 Å². The molecule has 1 saturated carbocycles. The highest BCUT2D eigenvalue weighted by molar-refractivity contribution is 6.23. The van der Waals surface area contributed by atoms with Gasteiger partial charge >= 0.3 is 5.97 Å². The first kappa shape index (κ1) is 20.2. The number of nitrogens with zero attached hydrogens (tertiary/aromatic N) is 1. The summed E-state index contributed by atoms with van der Waals surface area (Å²) < 4.78 is 5.07. The standard InChI is InChI=1S/C25H22N2O5/c1-14-11-16-12-19(14)22-21(16)23(29)27(24(22)30)18-9-7-15(8-10-18)25(31)32-13-20(28)26-17-5-3-2-4-6-17/h2-11,16,19,21-22H,12-13H2,1H3,(H,26,28)/t16-,19+,21-,22+/m0/s1. The fourth-order valence-corrected chi connectivity index (χ4v) is 5.21. The van der Waals surface area contributed by atoms with Gasteiger partial charge in [-0.05, 0) is 61.6 Å². The van der Waals surface area contributed by atoms with E-state index in [0.717, 1.165) is 6.42 Å². The number of hydrogen-bond donors (Lipinski definition) is 1. The predicted octanol–water partition coefficient (Wildman–Crippen LogP) is 3.18. The van der Waals surface area contributed by atoms with Crippen LogP contribution in [0.3, 0.4) is 0 Å². The summed E-state index contributed by atoms with van der Waals surface area (Å²) in [6, 6.07) is 15.0. The smallest absolute Gasteiger partial charge is 0.338 e. The van der Waals surface area contributed by atoms with Crippen molar-refractivity contribution < 1.29 is 23.9 Å². The van der Waals surface area contributed by atoms with Gasteiger partial charge in [-0.15, -0.1) is 0 Å². The maximum absolute atomic E-state index is 13.0. The predicted molar refractivity (Wildman–Crippen MR) is 117 cm³/mol. The number of amides is 3. The third kappa shape index (κ3) is 3.30. The van der Waals surface area contributed by atoms with Crippen molar-refractivity contribution in [3.05, 3.63) is 71.8 Å². The number of anilines is 2. The number of fused-ring (bicyclic) bond motifs is 5. The molecule has 3 amide bonds. The van der Waals surface area contributed by atoms with Crippen LogP contribution < -0.4 is 10.2 Å². The van der Waals surface area contributed by atoms with Gasteiger partial charge in [-0.3, -0.25) is 19.3 Å². The van der Waals surface area contributed by atoms with Crippen LogP contribution in [0.4, 0.5) is 11.4 Å². The Bertz CT molecular complexity index is 1140. The quantitative estimate of drug-likeness (QED) is 0.447. The van der Waals surface area contributed by atoms with E-state index in [1.807, 2.05) is 13.0 Å². The number of para-hydroxylation sites is 1. The normalized spacial score (nSPS) is 25.5. The van der Waals surface area contributed by atoms with E-state index in [4.69, 9.17) is 4.74 Å². The highest BCUT2D eigenvalue weighted by atomic mass is 16.5. The number of rotatable bonds is 5. The van der Waals surface area contributed by atoms with Crippen molar-refractivity contribution in [2.24, 2.45) is 23.7 Å². The highest BCUT2D eigenvalue weighted by Crippen LogP contribution is 2.55. The molecule has 1 aliphatic heterocycles. The lowest BCUT2D eigenvalue weighted by molar-refractivity contribution is -0.123. The average Bonchev–Trinajstić information content (AvgIpc) is 3.43. The molecule has 0 aromatic heterocycles. The number of carbonyl (C=O) groups excluding carboxylic acids is 4. The first-order chi connectivity index (χ1) is 15.4. The number of ether oxygens (including phenoxy) is 1. The molecule has 2 aliphatic carbocycles. The molecule has 0 unspecified atom stereocenters. The maximum atomic E-state index is 13.0. The van der Waals surface area contributed by atoms with Crippen molar-refractivity contribution >= 4 is 35.1 Å². The Morgan fingerprint density at radius 1 is 1.00 bits per heavy atom. The van der Waals surface area contributed by atoms with Crippen molar-refractivity contribution in [1.82, 2.24) is 0 Å². The van der Waals surface area contributed by atoms with E-state index in [0.29, 0.717) is 11.4 Å². The van der Waals surface area contributed by atoms with Gasteiger partial charge in [-0.2, -0.15) is 0 Å². The Labute approximate surface area is 185 Å². The van der Waals surface area contributed by atoms with Crippen LogP contribution in [0.15, 0.2) is 66.2 Å².